The molecule has 8 rings (SSSR count). The number of esters is 2. The van der Waals surface area contributed by atoms with Crippen molar-refractivity contribution in [1.82, 2.24) is 20.0 Å². The molecule has 0 unspecified atom stereocenters. The summed E-state index contributed by atoms with van der Waals surface area (Å²) in [5, 5.41) is 9.90. The topological polar surface area (TPSA) is 133 Å². The summed E-state index contributed by atoms with van der Waals surface area (Å²) in [5.41, 5.74) is 1.48. The maximum atomic E-state index is 12.8. The lowest BCUT2D eigenvalue weighted by Crippen LogP contribution is -2.70. The highest BCUT2D eigenvalue weighted by atomic mass is 35.5. The summed E-state index contributed by atoms with van der Waals surface area (Å²) in [7, 11) is 0. The highest BCUT2D eigenvalue weighted by Gasteiger charge is 2.69. The molecular weight excluding hydrogens is 604 g/mol. The summed E-state index contributed by atoms with van der Waals surface area (Å²) in [6, 6.07) is 7.31. The lowest BCUT2D eigenvalue weighted by atomic mass is 9.58. The van der Waals surface area contributed by atoms with Gasteiger partial charge in [-0.25, -0.2) is 14.5 Å². The SMILES string of the molecule is C[C@H]1[C@H](OC(=O)CCC(=O)OCCc2cn(-c3ccnc4cc(Cl)ccc34)nn2)O[C@@H]2O[C@@]3(C)CC[C@H]4[C@H](C)CC[C@@H]1[C@@]24OO3. The molecule has 45 heavy (non-hydrogen) atoms. The van der Waals surface area contributed by atoms with Crippen LogP contribution in [0.3, 0.4) is 0 Å². The molecule has 6 heterocycles. The molecule has 4 saturated heterocycles. The zero-order valence-corrected chi connectivity index (χ0v) is 26.3. The van der Waals surface area contributed by atoms with E-state index < -0.39 is 35.9 Å². The van der Waals surface area contributed by atoms with Gasteiger partial charge in [0, 0.05) is 41.3 Å². The molecule has 1 saturated carbocycles. The quantitative estimate of drug-likeness (QED) is 0.241. The number of pyridine rings is 1. The molecule has 1 aliphatic carbocycles. The molecule has 3 aromatic rings. The maximum absolute atomic E-state index is 12.8. The molecule has 0 radical (unpaired) electrons. The number of aromatic nitrogens is 4. The third-order valence-corrected chi connectivity index (χ3v) is 10.2. The van der Waals surface area contributed by atoms with Crippen LogP contribution in [0, 0.1) is 23.7 Å². The molecule has 0 N–H and O–H groups in total. The number of carbonyl (C=O) groups excluding carboxylic acids is 2. The fourth-order valence-electron chi connectivity index (χ4n) is 7.58. The second-order valence-corrected chi connectivity index (χ2v) is 13.3. The van der Waals surface area contributed by atoms with Gasteiger partial charge < -0.3 is 18.9 Å². The van der Waals surface area contributed by atoms with Gasteiger partial charge in [-0.2, -0.15) is 0 Å². The highest BCUT2D eigenvalue weighted by molar-refractivity contribution is 6.31. The number of hydrogen-bond acceptors (Lipinski definition) is 11. The summed E-state index contributed by atoms with van der Waals surface area (Å²) in [6.45, 7) is 6.22. The molecule has 240 valence electrons. The molecule has 5 fully saturated rings. The van der Waals surface area contributed by atoms with E-state index in [9.17, 15) is 9.59 Å². The minimum atomic E-state index is -0.910. The van der Waals surface area contributed by atoms with Crippen molar-refractivity contribution in [3.63, 3.8) is 0 Å². The Balaban J connectivity index is 0.903. The first kappa shape index (κ1) is 30.5. The van der Waals surface area contributed by atoms with Gasteiger partial charge in [0.2, 0.25) is 12.1 Å². The Kier molecular flexibility index (Phi) is 8.06. The van der Waals surface area contributed by atoms with Crippen LogP contribution >= 0.6 is 11.6 Å². The molecule has 2 bridgehead atoms. The van der Waals surface area contributed by atoms with Gasteiger partial charge >= 0.3 is 11.9 Å². The van der Waals surface area contributed by atoms with E-state index in [2.05, 4.69) is 22.2 Å². The Bertz CT molecular complexity index is 1600. The fourth-order valence-corrected chi connectivity index (χ4v) is 7.74. The Morgan fingerprint density at radius 3 is 2.80 bits per heavy atom. The standard InChI is InChI=1S/C32H37ClN4O8/c1-18-4-7-24-19(2)29(42-30-32(24)23(18)10-13-31(3,43-30)44-45-32)41-28(39)9-8-27(38)40-15-12-21-17-37(36-35-21)26-11-14-34-25-16-20(33)5-6-22(25)26/h5-6,11,14,16-19,23-24,29-30H,4,7-10,12-13,15H2,1-3H3/t18-,19-,23+,24+,29-,30-,31-,32-/m1/s1. The van der Waals surface area contributed by atoms with Gasteiger partial charge in [-0.05, 0) is 62.3 Å². The lowest BCUT2D eigenvalue weighted by molar-refractivity contribution is -0.576. The van der Waals surface area contributed by atoms with Gasteiger partial charge in [0.15, 0.2) is 11.9 Å². The Morgan fingerprint density at radius 2 is 1.93 bits per heavy atom. The molecule has 1 spiro atoms. The average Bonchev–Trinajstić information content (AvgIpc) is 3.37. The Hall–Kier alpha value is -3.16. The van der Waals surface area contributed by atoms with Crippen molar-refractivity contribution in [3.8, 4) is 5.69 Å². The van der Waals surface area contributed by atoms with E-state index in [-0.39, 0.29) is 37.2 Å². The predicted molar refractivity (Wildman–Crippen MR) is 158 cm³/mol. The lowest BCUT2D eigenvalue weighted by Gasteiger charge is -2.59. The van der Waals surface area contributed by atoms with Crippen LogP contribution < -0.4 is 0 Å². The first-order chi connectivity index (χ1) is 21.6. The van der Waals surface area contributed by atoms with Crippen molar-refractivity contribution in [2.75, 3.05) is 6.61 Å². The van der Waals surface area contributed by atoms with E-state index in [0.717, 1.165) is 35.9 Å². The molecule has 2 aromatic heterocycles. The van der Waals surface area contributed by atoms with Gasteiger partial charge in [0.25, 0.3) is 0 Å². The normalized spacial score (nSPS) is 33.8. The van der Waals surface area contributed by atoms with Crippen molar-refractivity contribution in [3.05, 3.63) is 47.4 Å². The molecule has 5 aliphatic rings. The number of nitrogens with zero attached hydrogens (tertiary/aromatic N) is 4. The average molecular weight is 641 g/mol. The number of fused-ring (bicyclic) bond motifs is 3. The van der Waals surface area contributed by atoms with Crippen LogP contribution in [0.4, 0.5) is 0 Å². The zero-order chi connectivity index (χ0) is 31.3. The fraction of sp³-hybridized carbons (Fsp3) is 0.594. The minimum Gasteiger partial charge on any atom is -0.465 e. The number of halogens is 1. The van der Waals surface area contributed by atoms with Gasteiger partial charge in [-0.15, -0.1) is 5.10 Å². The smallest absolute Gasteiger partial charge is 0.308 e. The first-order valence-corrected chi connectivity index (χ1v) is 16.0. The van der Waals surface area contributed by atoms with E-state index in [1.807, 2.05) is 26.0 Å². The summed E-state index contributed by atoms with van der Waals surface area (Å²) in [5.74, 6) is -1.39. The van der Waals surface area contributed by atoms with Crippen molar-refractivity contribution in [2.24, 2.45) is 23.7 Å². The number of ether oxygens (including phenoxy) is 4. The van der Waals surface area contributed by atoms with Crippen LogP contribution in [0.2, 0.25) is 5.02 Å². The summed E-state index contributed by atoms with van der Waals surface area (Å²) >= 11 is 6.10. The summed E-state index contributed by atoms with van der Waals surface area (Å²) in [6.07, 6.45) is 5.64. The van der Waals surface area contributed by atoms with Crippen molar-refractivity contribution < 1.29 is 38.3 Å². The Morgan fingerprint density at radius 1 is 1.09 bits per heavy atom. The largest absolute Gasteiger partial charge is 0.465 e. The number of benzene rings is 1. The van der Waals surface area contributed by atoms with Crippen LogP contribution in [0.15, 0.2) is 36.7 Å². The molecule has 12 nitrogen and oxygen atoms in total. The van der Waals surface area contributed by atoms with E-state index in [1.165, 1.54) is 0 Å². The Labute approximate surface area is 265 Å². The number of hydrogen-bond donors (Lipinski definition) is 0. The van der Waals surface area contributed by atoms with Gasteiger partial charge in [0.1, 0.15) is 0 Å². The van der Waals surface area contributed by atoms with Crippen LogP contribution in [-0.4, -0.2) is 62.5 Å². The molecule has 8 atom stereocenters. The van der Waals surface area contributed by atoms with Gasteiger partial charge in [-0.3, -0.25) is 14.6 Å². The maximum Gasteiger partial charge on any atom is 0.308 e. The van der Waals surface area contributed by atoms with E-state index in [1.54, 1.807) is 29.2 Å². The van der Waals surface area contributed by atoms with E-state index in [4.69, 9.17) is 40.3 Å². The van der Waals surface area contributed by atoms with Crippen LogP contribution in [0.1, 0.15) is 65.0 Å². The van der Waals surface area contributed by atoms with E-state index >= 15 is 0 Å². The third-order valence-electron chi connectivity index (χ3n) is 9.97. The van der Waals surface area contributed by atoms with Gasteiger partial charge in [0.05, 0.1) is 42.5 Å². The minimum absolute atomic E-state index is 0.0385. The molecule has 1 aromatic carbocycles. The molecule has 0 amide bonds. The van der Waals surface area contributed by atoms with Crippen LogP contribution in [0.25, 0.3) is 16.6 Å². The molecule has 4 aliphatic heterocycles. The van der Waals surface area contributed by atoms with Crippen molar-refractivity contribution in [1.29, 1.82) is 0 Å². The predicted octanol–water partition coefficient (Wildman–Crippen LogP) is 5.09. The van der Waals surface area contributed by atoms with Crippen LogP contribution in [-0.2, 0) is 44.7 Å². The van der Waals surface area contributed by atoms with Crippen molar-refractivity contribution in [2.45, 2.75) is 89.7 Å². The summed E-state index contributed by atoms with van der Waals surface area (Å²) in [4.78, 5) is 41.6. The number of carbonyl (C=O) groups is 2. The second kappa shape index (κ2) is 11.9. The monoisotopic (exact) mass is 640 g/mol. The second-order valence-electron chi connectivity index (χ2n) is 12.9. The third kappa shape index (κ3) is 5.61. The molecular formula is C32H37ClN4O8. The number of rotatable bonds is 8. The van der Waals surface area contributed by atoms with Gasteiger partial charge in [-0.1, -0.05) is 30.7 Å². The first-order valence-electron chi connectivity index (χ1n) is 15.7. The highest BCUT2D eigenvalue weighted by Crippen LogP contribution is 2.60. The zero-order valence-electron chi connectivity index (χ0n) is 25.5. The summed E-state index contributed by atoms with van der Waals surface area (Å²) < 4.78 is 25.4. The molecule has 13 heteroatoms. The van der Waals surface area contributed by atoms with E-state index in [0.29, 0.717) is 29.5 Å². The van der Waals surface area contributed by atoms with Crippen LogP contribution in [0.5, 0.6) is 0 Å². The van der Waals surface area contributed by atoms with Crippen molar-refractivity contribution >= 4 is 34.4 Å².